The molecule has 0 fully saturated rings. The molecule has 14 rings (SSSR count). The van der Waals surface area contributed by atoms with Gasteiger partial charge in [0, 0.05) is 30.9 Å². The molecule has 1 heterocycles. The average Bonchev–Trinajstić information content (AvgIpc) is 4.39. The summed E-state index contributed by atoms with van der Waals surface area (Å²) in [5.74, 6) is 0.365. The van der Waals surface area contributed by atoms with Crippen LogP contribution in [0.15, 0.2) is 400 Å². The first-order valence-corrected chi connectivity index (χ1v) is 36.5. The summed E-state index contributed by atoms with van der Waals surface area (Å²) in [5.41, 5.74) is 2.20. The second-order valence-electron chi connectivity index (χ2n) is 20.6. The van der Waals surface area contributed by atoms with Gasteiger partial charge in [-0.05, 0) is 131 Å². The van der Waals surface area contributed by atoms with Gasteiger partial charge in [0.2, 0.25) is 0 Å². The quantitative estimate of drug-likeness (QED) is 0.0850. The molecule has 7 heteroatoms. The number of thiophene rings is 1. The fraction of sp³-hybridized carbons (Fsp3) is 0.0238. The summed E-state index contributed by atoms with van der Waals surface area (Å²) in [6.07, 6.45) is 0.999. The van der Waals surface area contributed by atoms with Gasteiger partial charge < -0.3 is 5.11 Å². The van der Waals surface area contributed by atoms with Crippen LogP contribution in [0.4, 0.5) is 0 Å². The second kappa shape index (κ2) is 37.2. The number of hydrogen-bond acceptors (Lipinski definition) is 2. The van der Waals surface area contributed by atoms with Crippen LogP contribution < -0.4 is 63.7 Å². The molecule has 0 aliphatic heterocycles. The Bertz CT molecular complexity index is 3340. The van der Waals surface area contributed by atoms with E-state index >= 15 is 0 Å². The smallest absolute Gasteiger partial charge is 0.124 e. The molecule has 0 atom stereocenters. The Morgan fingerprint density at radius 1 is 0.242 bits per heavy atom. The first-order valence-electron chi connectivity index (χ1n) is 30.3. The molecule has 1 nitrogen and oxygen atoms in total. The zero-order valence-electron chi connectivity index (χ0n) is 50.8. The summed E-state index contributed by atoms with van der Waals surface area (Å²) in [7, 11) is -1.78. The third-order valence-corrected chi connectivity index (χ3v) is 25.1. The zero-order valence-corrected chi connectivity index (χ0v) is 56.7. The molecule has 0 saturated carbocycles. The van der Waals surface area contributed by atoms with E-state index in [1.54, 1.807) is 17.4 Å². The number of aromatic hydroxyl groups is 1. The molecule has 0 spiro atoms. The summed E-state index contributed by atoms with van der Waals surface area (Å²) < 4.78 is 0. The first-order chi connectivity index (χ1) is 44.6. The van der Waals surface area contributed by atoms with Crippen molar-refractivity contribution in [3.63, 3.8) is 0 Å². The van der Waals surface area contributed by atoms with E-state index in [-0.39, 0.29) is 20.4 Å². The molecule has 14 aromatic rings. The van der Waals surface area contributed by atoms with Gasteiger partial charge in [-0.3, -0.25) is 0 Å². The van der Waals surface area contributed by atoms with Crippen molar-refractivity contribution in [3.8, 4) is 16.2 Å². The summed E-state index contributed by atoms with van der Waals surface area (Å²) in [6.45, 7) is 2.12. The minimum absolute atomic E-state index is 0. The SMILES string of the molecule is CCc1ccc(O)c(-c2cccs2)c1.[Pd].c1ccc(P(c2ccccc2)c2ccccc2)cc1.c1ccc(P(c2ccccc2)c2ccccc2)cc1.c1ccc(P(c2ccccc2)c2ccccc2)cc1.c1ccc(P(c2ccccc2)c2ccccc2)cc1. The van der Waals surface area contributed by atoms with Crippen molar-refractivity contribution in [2.45, 2.75) is 13.3 Å². The Balaban J connectivity index is 0.000000135. The van der Waals surface area contributed by atoms with E-state index in [0.717, 1.165) is 16.9 Å². The summed E-state index contributed by atoms with van der Waals surface area (Å²) in [4.78, 5) is 1.12. The van der Waals surface area contributed by atoms with E-state index in [2.05, 4.69) is 377 Å². The summed E-state index contributed by atoms with van der Waals surface area (Å²) in [5, 5.41) is 28.5. The predicted octanol–water partition coefficient (Wildman–Crippen LogP) is 17.5. The first kappa shape index (κ1) is 67.1. The molecule has 0 aliphatic rings. The molecular weight excluding hydrogens is 1290 g/mol. The molecule has 450 valence electrons. The molecule has 0 bridgehead atoms. The van der Waals surface area contributed by atoms with E-state index in [9.17, 15) is 5.11 Å². The molecule has 0 unspecified atom stereocenters. The van der Waals surface area contributed by atoms with E-state index in [1.807, 2.05) is 23.6 Å². The Labute approximate surface area is 562 Å². The van der Waals surface area contributed by atoms with E-state index in [1.165, 1.54) is 69.2 Å². The molecule has 13 aromatic carbocycles. The van der Waals surface area contributed by atoms with Crippen molar-refractivity contribution in [2.75, 3.05) is 0 Å². The fourth-order valence-electron chi connectivity index (χ4n) is 10.1. The van der Waals surface area contributed by atoms with Gasteiger partial charge >= 0.3 is 0 Å². The van der Waals surface area contributed by atoms with Crippen molar-refractivity contribution in [2.24, 2.45) is 0 Å². The number of hydrogen-bond donors (Lipinski definition) is 1. The van der Waals surface area contributed by atoms with Gasteiger partial charge in [0.05, 0.1) is 0 Å². The second-order valence-corrected chi connectivity index (χ2v) is 30.4. The summed E-state index contributed by atoms with van der Waals surface area (Å²) >= 11 is 1.65. The van der Waals surface area contributed by atoms with Crippen LogP contribution in [-0.4, -0.2) is 5.11 Å². The van der Waals surface area contributed by atoms with Crippen LogP contribution in [-0.2, 0) is 26.8 Å². The molecular formula is C84H72OP4PdS. The molecule has 0 aliphatic carbocycles. The van der Waals surface area contributed by atoms with E-state index in [4.69, 9.17) is 0 Å². The van der Waals surface area contributed by atoms with E-state index in [0.29, 0.717) is 5.75 Å². The number of aryl methyl sites for hydroxylation is 1. The van der Waals surface area contributed by atoms with Gasteiger partial charge in [0.15, 0.2) is 0 Å². The van der Waals surface area contributed by atoms with Crippen LogP contribution in [0.25, 0.3) is 10.4 Å². The number of phenolic OH excluding ortho intramolecular Hbond substituents is 1. The van der Waals surface area contributed by atoms with Gasteiger partial charge in [-0.25, -0.2) is 0 Å². The Morgan fingerprint density at radius 3 is 0.582 bits per heavy atom. The van der Waals surface area contributed by atoms with Crippen molar-refractivity contribution < 1.29 is 25.5 Å². The van der Waals surface area contributed by atoms with Crippen LogP contribution in [0.5, 0.6) is 5.75 Å². The van der Waals surface area contributed by atoms with Crippen molar-refractivity contribution >= 4 is 107 Å². The molecule has 91 heavy (non-hydrogen) atoms. The fourth-order valence-corrected chi connectivity index (χ4v) is 20.1. The standard InChI is InChI=1S/4C18H15P.C12H12OS.Pd/c4*1-4-10-16(11-5-1)19(17-12-6-2-7-13-17)18-14-8-3-9-15-18;1-2-9-5-6-11(13)10(8-9)12-4-3-7-14-12;/h4*1-15H;3-8,13H,2H2,1H3;. The van der Waals surface area contributed by atoms with Crippen molar-refractivity contribution in [1.29, 1.82) is 0 Å². The van der Waals surface area contributed by atoms with Crippen LogP contribution in [0.2, 0.25) is 0 Å². The van der Waals surface area contributed by atoms with Gasteiger partial charge in [-0.1, -0.05) is 383 Å². The molecule has 0 radical (unpaired) electrons. The largest absolute Gasteiger partial charge is 0.507 e. The maximum Gasteiger partial charge on any atom is 0.124 e. The average molecular weight is 1360 g/mol. The Kier molecular flexibility index (Phi) is 27.4. The monoisotopic (exact) mass is 1360 g/mol. The molecule has 0 saturated heterocycles. The van der Waals surface area contributed by atoms with Crippen LogP contribution in [0.1, 0.15) is 12.5 Å². The minimum atomic E-state index is -0.446. The maximum atomic E-state index is 9.71. The Hall–Kier alpha value is -8.26. The van der Waals surface area contributed by atoms with Crippen LogP contribution in [0, 0.1) is 0 Å². The zero-order chi connectivity index (χ0) is 61.6. The van der Waals surface area contributed by atoms with E-state index < -0.39 is 31.7 Å². The normalized spacial score (nSPS) is 10.4. The molecule has 1 aromatic heterocycles. The van der Waals surface area contributed by atoms with Gasteiger partial charge in [0.1, 0.15) is 5.75 Å². The number of phenols is 1. The van der Waals surface area contributed by atoms with Gasteiger partial charge in [-0.2, -0.15) is 0 Å². The number of rotatable bonds is 14. The topological polar surface area (TPSA) is 20.2 Å². The number of benzene rings is 13. The summed E-state index contributed by atoms with van der Waals surface area (Å²) in [6, 6.07) is 139. The maximum absolute atomic E-state index is 9.71. The predicted molar refractivity (Wildman–Crippen MR) is 401 cm³/mol. The Morgan fingerprint density at radius 2 is 0.429 bits per heavy atom. The third-order valence-electron chi connectivity index (χ3n) is 14.4. The van der Waals surface area contributed by atoms with Crippen molar-refractivity contribution in [3.05, 3.63) is 405 Å². The third kappa shape index (κ3) is 19.9. The molecule has 1 N–H and O–H groups in total. The van der Waals surface area contributed by atoms with Crippen molar-refractivity contribution in [1.82, 2.24) is 0 Å². The van der Waals surface area contributed by atoms with Crippen LogP contribution >= 0.6 is 43.0 Å². The van der Waals surface area contributed by atoms with Crippen LogP contribution in [0.3, 0.4) is 0 Å². The molecule has 0 amide bonds. The minimum Gasteiger partial charge on any atom is -0.507 e. The van der Waals surface area contributed by atoms with Gasteiger partial charge in [-0.15, -0.1) is 11.3 Å². The van der Waals surface area contributed by atoms with Gasteiger partial charge in [0.25, 0.3) is 0 Å².